The third-order valence-corrected chi connectivity index (χ3v) is 3.70. The molecule has 0 radical (unpaired) electrons. The Kier molecular flexibility index (Phi) is 3.68. The summed E-state index contributed by atoms with van der Waals surface area (Å²) in [4.78, 5) is 0. The minimum Gasteiger partial charge on any atom is -0.314 e. The lowest BCUT2D eigenvalue weighted by Gasteiger charge is -2.31. The van der Waals surface area contributed by atoms with Crippen molar-refractivity contribution in [1.29, 1.82) is 0 Å². The molecule has 92 valence electrons. The van der Waals surface area contributed by atoms with E-state index in [9.17, 15) is 0 Å². The molecule has 2 rings (SSSR count). The second kappa shape index (κ2) is 5.05. The van der Waals surface area contributed by atoms with Crippen molar-refractivity contribution in [3.05, 3.63) is 47.5 Å². The lowest BCUT2D eigenvalue weighted by atomic mass is 9.78. The predicted molar refractivity (Wildman–Crippen MR) is 74.4 cm³/mol. The van der Waals surface area contributed by atoms with Crippen molar-refractivity contribution in [3.63, 3.8) is 0 Å². The highest BCUT2D eigenvalue weighted by molar-refractivity contribution is 5.33. The lowest BCUT2D eigenvalue weighted by Crippen LogP contribution is -2.39. The molecule has 0 spiro atoms. The molecule has 0 saturated heterocycles. The first kappa shape index (κ1) is 12.4. The van der Waals surface area contributed by atoms with Crippen LogP contribution >= 0.6 is 0 Å². The molecule has 1 nitrogen and oxygen atoms in total. The number of aryl methyl sites for hydroxylation is 1. The van der Waals surface area contributed by atoms with Gasteiger partial charge in [0.15, 0.2) is 0 Å². The summed E-state index contributed by atoms with van der Waals surface area (Å²) in [6, 6.07) is 9.60. The minimum absolute atomic E-state index is 0.290. The van der Waals surface area contributed by atoms with E-state index in [1.54, 1.807) is 0 Å². The van der Waals surface area contributed by atoms with Gasteiger partial charge in [0.2, 0.25) is 0 Å². The molecule has 1 aromatic carbocycles. The number of rotatable bonds is 4. The van der Waals surface area contributed by atoms with E-state index >= 15 is 0 Å². The number of allylic oxidation sites excluding steroid dienone is 2. The molecule has 17 heavy (non-hydrogen) atoms. The Labute approximate surface area is 105 Å². The van der Waals surface area contributed by atoms with E-state index in [-0.39, 0.29) is 5.41 Å². The van der Waals surface area contributed by atoms with Crippen LogP contribution in [0.5, 0.6) is 0 Å². The first-order valence-electron chi connectivity index (χ1n) is 6.58. The summed E-state index contributed by atoms with van der Waals surface area (Å²) in [5.74, 6) is 0. The Morgan fingerprint density at radius 2 is 1.71 bits per heavy atom. The predicted octanol–water partition coefficient (Wildman–Crippen LogP) is 3.58. The highest BCUT2D eigenvalue weighted by Gasteiger charge is 2.32. The Morgan fingerprint density at radius 1 is 1.12 bits per heavy atom. The summed E-state index contributed by atoms with van der Waals surface area (Å²) in [5, 5.41) is 3.60. The fourth-order valence-corrected chi connectivity index (χ4v) is 2.49. The Hall–Kier alpha value is -1.08. The fourth-order valence-electron chi connectivity index (χ4n) is 2.49. The Morgan fingerprint density at radius 3 is 2.24 bits per heavy atom. The first-order valence-corrected chi connectivity index (χ1v) is 6.58. The normalized spacial score (nSPS) is 17.9. The highest BCUT2D eigenvalue weighted by Crippen LogP contribution is 2.36. The highest BCUT2D eigenvalue weighted by atomic mass is 14.9. The molecule has 1 aliphatic carbocycles. The average molecular weight is 229 g/mol. The van der Waals surface area contributed by atoms with E-state index in [1.165, 1.54) is 11.1 Å². The van der Waals surface area contributed by atoms with E-state index in [4.69, 9.17) is 0 Å². The van der Waals surface area contributed by atoms with Gasteiger partial charge in [-0.15, -0.1) is 0 Å². The maximum absolute atomic E-state index is 3.60. The van der Waals surface area contributed by atoms with Gasteiger partial charge in [-0.05, 0) is 25.3 Å². The number of nitrogens with one attached hydrogen (secondary N) is 1. The van der Waals surface area contributed by atoms with Gasteiger partial charge in [0, 0.05) is 18.0 Å². The molecule has 0 saturated carbocycles. The maximum atomic E-state index is 3.60. The van der Waals surface area contributed by atoms with Gasteiger partial charge in [-0.3, -0.25) is 0 Å². The smallest absolute Gasteiger partial charge is 0.0147 e. The molecule has 0 amide bonds. The van der Waals surface area contributed by atoms with Gasteiger partial charge >= 0.3 is 0 Å². The van der Waals surface area contributed by atoms with Crippen LogP contribution in [0.1, 0.15) is 37.8 Å². The van der Waals surface area contributed by atoms with Crippen LogP contribution in [0.2, 0.25) is 0 Å². The van der Waals surface area contributed by atoms with Crippen molar-refractivity contribution in [2.24, 2.45) is 0 Å². The zero-order valence-corrected chi connectivity index (χ0v) is 11.2. The largest absolute Gasteiger partial charge is 0.314 e. The van der Waals surface area contributed by atoms with E-state index in [1.807, 2.05) is 0 Å². The summed E-state index contributed by atoms with van der Waals surface area (Å²) in [5.41, 5.74) is 3.10. The second-order valence-corrected chi connectivity index (χ2v) is 5.56. The molecule has 0 aliphatic heterocycles. The molecular formula is C16H23N. The first-order chi connectivity index (χ1) is 8.12. The Balaban J connectivity index is 2.19. The van der Waals surface area contributed by atoms with Gasteiger partial charge in [-0.25, -0.2) is 0 Å². The van der Waals surface area contributed by atoms with Crippen LogP contribution < -0.4 is 5.32 Å². The second-order valence-electron chi connectivity index (χ2n) is 5.56. The summed E-state index contributed by atoms with van der Waals surface area (Å²) in [7, 11) is 0. The van der Waals surface area contributed by atoms with Gasteiger partial charge in [0.25, 0.3) is 0 Å². The molecule has 0 fully saturated rings. The van der Waals surface area contributed by atoms with Crippen molar-refractivity contribution < 1.29 is 0 Å². The summed E-state index contributed by atoms with van der Waals surface area (Å²) in [6.45, 7) is 7.65. The third kappa shape index (κ3) is 2.78. The van der Waals surface area contributed by atoms with Crippen LogP contribution in [0.15, 0.2) is 36.4 Å². The van der Waals surface area contributed by atoms with Crippen LogP contribution in [0.3, 0.4) is 0 Å². The third-order valence-electron chi connectivity index (χ3n) is 3.70. The van der Waals surface area contributed by atoms with Crippen molar-refractivity contribution in [3.8, 4) is 0 Å². The van der Waals surface area contributed by atoms with E-state index < -0.39 is 0 Å². The Bertz CT molecular complexity index is 378. The fraction of sp³-hybridized carbons (Fsp3) is 0.500. The quantitative estimate of drug-likeness (QED) is 0.778. The van der Waals surface area contributed by atoms with Crippen molar-refractivity contribution >= 4 is 0 Å². The van der Waals surface area contributed by atoms with Crippen LogP contribution in [0, 0.1) is 6.92 Å². The van der Waals surface area contributed by atoms with E-state index in [2.05, 4.69) is 62.5 Å². The molecule has 1 N–H and O–H groups in total. The molecule has 0 bridgehead atoms. The summed E-state index contributed by atoms with van der Waals surface area (Å²) >= 11 is 0. The standard InChI is InChI=1S/C16H23N/c1-13(2)17-12-16(10-4-5-11-16)15-8-6-14(3)7-9-15/h4-9,13,17H,10-12H2,1-3H3. The molecule has 0 atom stereocenters. The molecule has 0 unspecified atom stereocenters. The average Bonchev–Trinajstić information content (AvgIpc) is 2.77. The molecule has 1 aromatic rings. The van der Waals surface area contributed by atoms with Crippen molar-refractivity contribution in [2.45, 2.75) is 45.1 Å². The summed E-state index contributed by atoms with van der Waals surface area (Å²) < 4.78 is 0. The van der Waals surface area contributed by atoms with Crippen molar-refractivity contribution in [1.82, 2.24) is 5.32 Å². The van der Waals surface area contributed by atoms with Gasteiger partial charge < -0.3 is 5.32 Å². The van der Waals surface area contributed by atoms with E-state index in [0.29, 0.717) is 6.04 Å². The molecule has 0 heterocycles. The number of hydrogen-bond acceptors (Lipinski definition) is 1. The number of benzene rings is 1. The SMILES string of the molecule is Cc1ccc(C2(CNC(C)C)CC=CC2)cc1. The number of hydrogen-bond donors (Lipinski definition) is 1. The minimum atomic E-state index is 0.290. The summed E-state index contributed by atoms with van der Waals surface area (Å²) in [6.07, 6.45) is 6.97. The monoisotopic (exact) mass is 229 g/mol. The van der Waals surface area contributed by atoms with E-state index in [0.717, 1.165) is 19.4 Å². The topological polar surface area (TPSA) is 12.0 Å². The van der Waals surface area contributed by atoms with Gasteiger partial charge in [-0.1, -0.05) is 55.8 Å². The van der Waals surface area contributed by atoms with Crippen LogP contribution in [-0.2, 0) is 5.41 Å². The maximum Gasteiger partial charge on any atom is 0.0147 e. The zero-order valence-electron chi connectivity index (χ0n) is 11.2. The van der Waals surface area contributed by atoms with Crippen molar-refractivity contribution in [2.75, 3.05) is 6.54 Å². The van der Waals surface area contributed by atoms with Crippen LogP contribution in [0.25, 0.3) is 0 Å². The molecule has 0 aromatic heterocycles. The molecular weight excluding hydrogens is 206 g/mol. The lowest BCUT2D eigenvalue weighted by molar-refractivity contribution is 0.399. The van der Waals surface area contributed by atoms with Crippen LogP contribution in [-0.4, -0.2) is 12.6 Å². The molecule has 1 aliphatic rings. The van der Waals surface area contributed by atoms with Gasteiger partial charge in [0.05, 0.1) is 0 Å². The van der Waals surface area contributed by atoms with Gasteiger partial charge in [0.1, 0.15) is 0 Å². The molecule has 1 heteroatoms. The van der Waals surface area contributed by atoms with Gasteiger partial charge in [-0.2, -0.15) is 0 Å². The zero-order chi connectivity index (χ0) is 12.3. The van der Waals surface area contributed by atoms with Crippen LogP contribution in [0.4, 0.5) is 0 Å².